The predicted molar refractivity (Wildman–Crippen MR) is 79.9 cm³/mol. The van der Waals surface area contributed by atoms with Crippen molar-refractivity contribution < 1.29 is 4.74 Å². The Labute approximate surface area is 121 Å². The molecule has 102 valence electrons. The second kappa shape index (κ2) is 6.36. The third kappa shape index (κ3) is 3.46. The number of hydrogen-bond acceptors (Lipinski definition) is 6. The molecule has 0 radical (unpaired) electrons. The Kier molecular flexibility index (Phi) is 4.79. The molecule has 2 unspecified atom stereocenters. The van der Waals surface area contributed by atoms with E-state index >= 15 is 0 Å². The quantitative estimate of drug-likeness (QED) is 0.859. The predicted octanol–water partition coefficient (Wildman–Crippen LogP) is 3.04. The maximum atomic E-state index is 6.13. The van der Waals surface area contributed by atoms with Crippen molar-refractivity contribution in [2.45, 2.75) is 29.5 Å². The fraction of sp³-hybridized carbons (Fsp3) is 0.385. The van der Waals surface area contributed by atoms with E-state index in [9.17, 15) is 0 Å². The summed E-state index contributed by atoms with van der Waals surface area (Å²) in [6.07, 6.45) is 0. The normalized spacial score (nSPS) is 14.1. The van der Waals surface area contributed by atoms with Crippen molar-refractivity contribution in [2.24, 2.45) is 5.73 Å². The van der Waals surface area contributed by atoms with Crippen molar-refractivity contribution in [3.8, 4) is 5.75 Å². The van der Waals surface area contributed by atoms with E-state index in [1.54, 1.807) is 18.9 Å². The van der Waals surface area contributed by atoms with Crippen molar-refractivity contribution in [1.29, 1.82) is 0 Å². The van der Waals surface area contributed by atoms with Crippen molar-refractivity contribution in [3.63, 3.8) is 0 Å². The van der Waals surface area contributed by atoms with Crippen LogP contribution in [0.4, 0.5) is 0 Å². The average Bonchev–Trinajstić information content (AvgIpc) is 2.81. The molecule has 2 N–H and O–H groups in total. The highest BCUT2D eigenvalue weighted by molar-refractivity contribution is 8.01. The Morgan fingerprint density at radius 3 is 2.68 bits per heavy atom. The van der Waals surface area contributed by atoms with Crippen molar-refractivity contribution >= 4 is 23.3 Å². The molecule has 19 heavy (non-hydrogen) atoms. The first-order valence-corrected chi connectivity index (χ1v) is 7.62. The second-order valence-electron chi connectivity index (χ2n) is 4.25. The summed E-state index contributed by atoms with van der Waals surface area (Å²) in [6.45, 7) is 3.89. The average molecular weight is 295 g/mol. The van der Waals surface area contributed by atoms with Gasteiger partial charge in [0.25, 0.3) is 0 Å². The van der Waals surface area contributed by atoms with Crippen molar-refractivity contribution in [3.05, 3.63) is 35.7 Å². The molecule has 6 heteroatoms. The van der Waals surface area contributed by atoms with Crippen molar-refractivity contribution in [1.82, 2.24) is 9.36 Å². The lowest BCUT2D eigenvalue weighted by molar-refractivity contribution is 0.408. The highest BCUT2D eigenvalue weighted by atomic mass is 32.2. The van der Waals surface area contributed by atoms with E-state index in [0.717, 1.165) is 21.5 Å². The maximum Gasteiger partial charge on any atom is 0.170 e. The summed E-state index contributed by atoms with van der Waals surface area (Å²) in [5.74, 6) is 1.66. The van der Waals surface area contributed by atoms with Gasteiger partial charge in [-0.25, -0.2) is 4.98 Å². The minimum Gasteiger partial charge on any atom is -0.496 e. The van der Waals surface area contributed by atoms with E-state index in [2.05, 4.69) is 9.36 Å². The molecule has 2 atom stereocenters. The number of aromatic nitrogens is 2. The molecule has 4 nitrogen and oxygen atoms in total. The Balaban J connectivity index is 2.29. The molecule has 1 aromatic heterocycles. The molecule has 0 spiro atoms. The lowest BCUT2D eigenvalue weighted by Gasteiger charge is -2.21. The smallest absolute Gasteiger partial charge is 0.170 e. The summed E-state index contributed by atoms with van der Waals surface area (Å²) < 4.78 is 10.6. The van der Waals surface area contributed by atoms with Gasteiger partial charge in [-0.15, -0.1) is 0 Å². The van der Waals surface area contributed by atoms with Gasteiger partial charge in [0.15, 0.2) is 4.34 Å². The van der Waals surface area contributed by atoms with Gasteiger partial charge in [0, 0.05) is 11.6 Å². The molecule has 0 aliphatic heterocycles. The molecule has 0 saturated carbocycles. The monoisotopic (exact) mass is 295 g/mol. The highest BCUT2D eigenvalue weighted by Crippen LogP contribution is 2.41. The van der Waals surface area contributed by atoms with E-state index in [-0.39, 0.29) is 11.3 Å². The van der Waals surface area contributed by atoms with Crippen molar-refractivity contribution in [2.75, 3.05) is 7.11 Å². The second-order valence-corrected chi connectivity index (χ2v) is 6.39. The van der Waals surface area contributed by atoms with E-state index < -0.39 is 0 Å². The highest BCUT2D eigenvalue weighted by Gasteiger charge is 2.22. The number of nitrogens with two attached hydrogens (primary N) is 1. The molecule has 1 heterocycles. The molecule has 0 aliphatic rings. The van der Waals surface area contributed by atoms with E-state index in [1.165, 1.54) is 11.5 Å². The lowest BCUT2D eigenvalue weighted by Crippen LogP contribution is -2.23. The largest absolute Gasteiger partial charge is 0.496 e. The topological polar surface area (TPSA) is 61.0 Å². The molecular formula is C13H17N3OS2. The summed E-state index contributed by atoms with van der Waals surface area (Å²) in [6, 6.07) is 7.95. The third-order valence-corrected chi connectivity index (χ3v) is 5.01. The molecule has 0 amide bonds. The summed E-state index contributed by atoms with van der Waals surface area (Å²) in [5, 5.41) is 0.100. The first-order chi connectivity index (χ1) is 9.11. The fourth-order valence-electron chi connectivity index (χ4n) is 1.79. The number of nitrogens with zero attached hydrogens (tertiary/aromatic N) is 2. The number of ether oxygens (including phenoxy) is 1. The zero-order chi connectivity index (χ0) is 13.8. The molecule has 2 rings (SSSR count). The molecule has 0 fully saturated rings. The van der Waals surface area contributed by atoms with E-state index in [0.29, 0.717) is 0 Å². The van der Waals surface area contributed by atoms with Crippen LogP contribution in [0.1, 0.15) is 23.6 Å². The number of rotatable bonds is 5. The first kappa shape index (κ1) is 14.3. The van der Waals surface area contributed by atoms with Gasteiger partial charge in [0.2, 0.25) is 0 Å². The molecule has 1 aromatic carbocycles. The molecule has 0 aliphatic carbocycles. The molecule has 0 saturated heterocycles. The fourth-order valence-corrected chi connectivity index (χ4v) is 3.75. The number of hydrogen-bond donors (Lipinski definition) is 1. The summed E-state index contributed by atoms with van der Waals surface area (Å²) >= 11 is 3.05. The van der Waals surface area contributed by atoms with Gasteiger partial charge in [-0.1, -0.05) is 30.0 Å². The van der Waals surface area contributed by atoms with Gasteiger partial charge in [0.1, 0.15) is 11.6 Å². The maximum absolute atomic E-state index is 6.13. The van der Waals surface area contributed by atoms with Crippen LogP contribution in [0.5, 0.6) is 5.75 Å². The summed E-state index contributed by atoms with van der Waals surface area (Å²) in [7, 11) is 1.68. The summed E-state index contributed by atoms with van der Waals surface area (Å²) in [4.78, 5) is 4.39. The number of benzene rings is 1. The lowest BCUT2D eigenvalue weighted by atomic mass is 10.1. The van der Waals surface area contributed by atoms with Crippen LogP contribution in [-0.4, -0.2) is 22.5 Å². The molecule has 0 bridgehead atoms. The number of thioether (sulfide) groups is 1. The van der Waals surface area contributed by atoms with Gasteiger partial charge in [-0.3, -0.25) is 0 Å². The minimum absolute atomic E-state index is 0.00879. The van der Waals surface area contributed by atoms with Crippen LogP contribution in [0, 0.1) is 6.92 Å². The van der Waals surface area contributed by atoms with E-state index in [1.807, 2.05) is 38.1 Å². The van der Waals surface area contributed by atoms with Gasteiger partial charge in [0.05, 0.1) is 12.4 Å². The number of aryl methyl sites for hydroxylation is 1. The van der Waals surface area contributed by atoms with Crippen LogP contribution in [0.25, 0.3) is 0 Å². The van der Waals surface area contributed by atoms with Crippen LogP contribution in [0.15, 0.2) is 28.6 Å². The minimum atomic E-state index is -0.00879. The van der Waals surface area contributed by atoms with Gasteiger partial charge in [-0.05, 0) is 31.4 Å². The third-order valence-electron chi connectivity index (χ3n) is 2.66. The first-order valence-electron chi connectivity index (χ1n) is 5.97. The number of para-hydroxylation sites is 1. The SMILES string of the molecule is COc1ccccc1C(Sc1nc(C)ns1)C(C)N. The number of methoxy groups -OCH3 is 1. The van der Waals surface area contributed by atoms with Crippen LogP contribution in [0.2, 0.25) is 0 Å². The van der Waals surface area contributed by atoms with Crippen LogP contribution < -0.4 is 10.5 Å². The summed E-state index contributed by atoms with van der Waals surface area (Å²) in [5.41, 5.74) is 7.22. The molecular weight excluding hydrogens is 278 g/mol. The van der Waals surface area contributed by atoms with Gasteiger partial charge >= 0.3 is 0 Å². The zero-order valence-electron chi connectivity index (χ0n) is 11.2. The Morgan fingerprint density at radius 2 is 2.11 bits per heavy atom. The Bertz CT molecular complexity index is 542. The Morgan fingerprint density at radius 1 is 1.37 bits per heavy atom. The standard InChI is InChI=1S/C13H17N3OS2/c1-8(14)12(18-13-15-9(2)16-19-13)10-6-4-5-7-11(10)17-3/h4-8,12H,14H2,1-3H3. The Hall–Kier alpha value is -1.11. The zero-order valence-corrected chi connectivity index (χ0v) is 12.8. The van der Waals surface area contributed by atoms with Crippen LogP contribution >= 0.6 is 23.3 Å². The van der Waals surface area contributed by atoms with Crippen LogP contribution in [-0.2, 0) is 0 Å². The molecule has 2 aromatic rings. The van der Waals surface area contributed by atoms with Gasteiger partial charge in [-0.2, -0.15) is 4.37 Å². The van der Waals surface area contributed by atoms with Gasteiger partial charge < -0.3 is 10.5 Å². The van der Waals surface area contributed by atoms with E-state index in [4.69, 9.17) is 10.5 Å². The van der Waals surface area contributed by atoms with Crippen LogP contribution in [0.3, 0.4) is 0 Å².